The molecule has 0 radical (unpaired) electrons. The smallest absolute Gasteiger partial charge is 0.309 e. The molecule has 0 aliphatic rings. The first-order chi connectivity index (χ1) is 13.8. The van der Waals surface area contributed by atoms with Gasteiger partial charge in [-0.2, -0.15) is 0 Å². The maximum atomic E-state index is 12.0. The topological polar surface area (TPSA) is 191 Å². The number of ether oxygens (including phenoxy) is 3. The minimum Gasteiger partial charge on any atom is -0.481 e. The molecule has 0 spiro atoms. The lowest BCUT2D eigenvalue weighted by Crippen LogP contribution is -2.34. The maximum Gasteiger partial charge on any atom is 0.309 e. The number of aliphatic carboxylic acids is 3. The van der Waals surface area contributed by atoms with Crippen molar-refractivity contribution < 1.29 is 58.3 Å². The van der Waals surface area contributed by atoms with Gasteiger partial charge in [0.2, 0.25) is 0 Å². The Kier molecular flexibility index (Phi) is 11.7. The van der Waals surface area contributed by atoms with E-state index in [2.05, 4.69) is 0 Å². The highest BCUT2D eigenvalue weighted by Crippen LogP contribution is 2.11. The maximum absolute atomic E-state index is 12.0. The molecule has 12 heteroatoms. The molecule has 0 aromatic rings. The minimum absolute atomic E-state index is 0.444. The van der Waals surface area contributed by atoms with Crippen LogP contribution in [0, 0.1) is 17.8 Å². The average molecular weight is 434 g/mol. The fourth-order valence-corrected chi connectivity index (χ4v) is 1.99. The Bertz CT molecular complexity index is 656. The molecule has 3 N–H and O–H groups in total. The summed E-state index contributed by atoms with van der Waals surface area (Å²) < 4.78 is 14.8. The van der Waals surface area contributed by atoms with E-state index in [4.69, 9.17) is 29.5 Å². The van der Waals surface area contributed by atoms with Crippen LogP contribution in [0.1, 0.15) is 40.0 Å². The van der Waals surface area contributed by atoms with Gasteiger partial charge in [-0.1, -0.05) is 20.8 Å². The Morgan fingerprint density at radius 1 is 0.667 bits per heavy atom. The van der Waals surface area contributed by atoms with Crippen LogP contribution in [0.5, 0.6) is 0 Å². The summed E-state index contributed by atoms with van der Waals surface area (Å²) in [6.45, 7) is 2.77. The fraction of sp³-hybridized carbons (Fsp3) is 0.667. The Balaban J connectivity index is 4.94. The van der Waals surface area contributed by atoms with Gasteiger partial charge in [0.25, 0.3) is 0 Å². The van der Waals surface area contributed by atoms with Gasteiger partial charge < -0.3 is 29.5 Å². The van der Waals surface area contributed by atoms with E-state index in [1.54, 1.807) is 0 Å². The Morgan fingerprint density at radius 2 is 1.13 bits per heavy atom. The highest BCUT2D eigenvalue weighted by Gasteiger charge is 2.26. The van der Waals surface area contributed by atoms with Gasteiger partial charge in [0.1, 0.15) is 13.2 Å². The van der Waals surface area contributed by atoms with E-state index >= 15 is 0 Å². The molecule has 0 heterocycles. The van der Waals surface area contributed by atoms with Crippen LogP contribution >= 0.6 is 0 Å². The number of esters is 3. The fourth-order valence-electron chi connectivity index (χ4n) is 1.99. The van der Waals surface area contributed by atoms with E-state index in [0.29, 0.717) is 0 Å². The lowest BCUT2D eigenvalue weighted by molar-refractivity contribution is -0.172. The number of hydrogen-bond donors (Lipinski definition) is 3. The number of carboxylic acids is 3. The summed E-state index contributed by atoms with van der Waals surface area (Å²) in [6.07, 6.45) is -2.74. The summed E-state index contributed by atoms with van der Waals surface area (Å²) in [4.78, 5) is 67.7. The van der Waals surface area contributed by atoms with Crippen molar-refractivity contribution in [2.24, 2.45) is 17.8 Å². The number of carbonyl (C=O) groups excluding carboxylic acids is 3. The average Bonchev–Trinajstić information content (AvgIpc) is 2.61. The Morgan fingerprint density at radius 3 is 1.60 bits per heavy atom. The first-order valence-corrected chi connectivity index (χ1v) is 9.02. The van der Waals surface area contributed by atoms with Crippen molar-refractivity contribution >= 4 is 35.8 Å². The summed E-state index contributed by atoms with van der Waals surface area (Å²) in [7, 11) is 0. The lowest BCUT2D eigenvalue weighted by atomic mass is 10.1. The molecule has 0 aromatic carbocycles. The standard InChI is InChI=1S/C18H26O12/c1-9(16(24)25)6-15(23)28-7-12(30-18(27)11(3)5-14(21)22)8-29-17(26)10(2)4-13(19)20/h9-12H,4-8H2,1-3H3,(H,19,20)(H,21,22)(H,24,25). The molecule has 12 nitrogen and oxygen atoms in total. The molecular weight excluding hydrogens is 408 g/mol. The first kappa shape index (κ1) is 26.8. The molecule has 0 aliphatic carbocycles. The second-order valence-electron chi connectivity index (χ2n) is 6.81. The molecule has 0 aliphatic heterocycles. The zero-order chi connectivity index (χ0) is 23.4. The largest absolute Gasteiger partial charge is 0.481 e. The van der Waals surface area contributed by atoms with Gasteiger partial charge in [0, 0.05) is 0 Å². The second kappa shape index (κ2) is 13.1. The van der Waals surface area contributed by atoms with E-state index in [1.807, 2.05) is 0 Å². The van der Waals surface area contributed by atoms with Crippen molar-refractivity contribution in [3.63, 3.8) is 0 Å². The molecular formula is C18H26O12. The molecule has 0 aromatic heterocycles. The van der Waals surface area contributed by atoms with Crippen LogP contribution in [0.3, 0.4) is 0 Å². The van der Waals surface area contributed by atoms with E-state index in [0.717, 1.165) is 0 Å². The van der Waals surface area contributed by atoms with Gasteiger partial charge in [-0.05, 0) is 0 Å². The molecule has 0 amide bonds. The van der Waals surface area contributed by atoms with Gasteiger partial charge in [0.15, 0.2) is 6.10 Å². The van der Waals surface area contributed by atoms with Gasteiger partial charge in [-0.25, -0.2) is 0 Å². The van der Waals surface area contributed by atoms with Crippen molar-refractivity contribution in [2.45, 2.75) is 46.1 Å². The molecule has 0 bridgehead atoms. The van der Waals surface area contributed by atoms with Crippen LogP contribution < -0.4 is 0 Å². The van der Waals surface area contributed by atoms with Gasteiger partial charge in [-0.3, -0.25) is 28.8 Å². The van der Waals surface area contributed by atoms with Crippen molar-refractivity contribution in [3.8, 4) is 0 Å². The summed E-state index contributed by atoms with van der Waals surface area (Å²) >= 11 is 0. The predicted octanol–water partition coefficient (Wildman–Crippen LogP) is 0.317. The van der Waals surface area contributed by atoms with Gasteiger partial charge >= 0.3 is 35.8 Å². The lowest BCUT2D eigenvalue weighted by Gasteiger charge is -2.20. The van der Waals surface area contributed by atoms with Gasteiger partial charge in [-0.15, -0.1) is 0 Å². The van der Waals surface area contributed by atoms with Crippen molar-refractivity contribution in [1.29, 1.82) is 0 Å². The Labute approximate surface area is 172 Å². The Hall–Kier alpha value is -3.18. The quantitative estimate of drug-likeness (QED) is 0.251. The second-order valence-corrected chi connectivity index (χ2v) is 6.81. The zero-order valence-corrected chi connectivity index (χ0v) is 16.9. The monoisotopic (exact) mass is 434 g/mol. The summed E-state index contributed by atoms with van der Waals surface area (Å²) in [6, 6.07) is 0. The van der Waals surface area contributed by atoms with E-state index in [-0.39, 0.29) is 0 Å². The molecule has 0 fully saturated rings. The molecule has 0 saturated heterocycles. The first-order valence-electron chi connectivity index (χ1n) is 9.02. The van der Waals surface area contributed by atoms with Crippen LogP contribution in [0.15, 0.2) is 0 Å². The van der Waals surface area contributed by atoms with Crippen LogP contribution in [-0.2, 0) is 43.0 Å². The van der Waals surface area contributed by atoms with Crippen LogP contribution in [-0.4, -0.2) is 70.5 Å². The number of carboxylic acid groups (broad SMARTS) is 3. The predicted molar refractivity (Wildman–Crippen MR) is 96.0 cm³/mol. The molecule has 0 saturated carbocycles. The summed E-state index contributed by atoms with van der Waals surface area (Å²) in [5.74, 6) is -9.41. The SMILES string of the molecule is CC(CC(=O)OCC(COC(=O)C(C)CC(=O)O)OC(=O)C(C)CC(=O)O)C(=O)O. The number of carbonyl (C=O) groups is 6. The summed E-state index contributed by atoms with van der Waals surface area (Å²) in [5.41, 5.74) is 0. The van der Waals surface area contributed by atoms with Crippen LogP contribution in [0.2, 0.25) is 0 Å². The van der Waals surface area contributed by atoms with Crippen LogP contribution in [0.4, 0.5) is 0 Å². The highest BCUT2D eigenvalue weighted by atomic mass is 16.6. The number of rotatable bonds is 14. The van der Waals surface area contributed by atoms with Crippen molar-refractivity contribution in [1.82, 2.24) is 0 Å². The third-order valence-corrected chi connectivity index (χ3v) is 3.79. The van der Waals surface area contributed by atoms with E-state index in [9.17, 15) is 28.8 Å². The molecule has 0 rings (SSSR count). The van der Waals surface area contributed by atoms with Gasteiger partial charge in [0.05, 0.1) is 37.0 Å². The third-order valence-electron chi connectivity index (χ3n) is 3.79. The van der Waals surface area contributed by atoms with E-state index in [1.165, 1.54) is 20.8 Å². The molecule has 4 unspecified atom stereocenters. The zero-order valence-electron chi connectivity index (χ0n) is 16.9. The molecule has 170 valence electrons. The number of hydrogen-bond acceptors (Lipinski definition) is 9. The normalized spacial score (nSPS) is 14.5. The molecule has 4 atom stereocenters. The summed E-state index contributed by atoms with van der Waals surface area (Å²) in [5, 5.41) is 26.2. The van der Waals surface area contributed by atoms with E-state index < -0.39 is 92.1 Å². The minimum atomic E-state index is -1.29. The highest BCUT2D eigenvalue weighted by molar-refractivity contribution is 5.80. The molecule has 30 heavy (non-hydrogen) atoms. The third kappa shape index (κ3) is 11.6. The van der Waals surface area contributed by atoms with Crippen molar-refractivity contribution in [3.05, 3.63) is 0 Å². The van der Waals surface area contributed by atoms with Crippen LogP contribution in [0.25, 0.3) is 0 Å². The van der Waals surface area contributed by atoms with Crippen molar-refractivity contribution in [2.75, 3.05) is 13.2 Å².